The normalized spacial score (nSPS) is 34.3. The van der Waals surface area contributed by atoms with Crippen LogP contribution in [-0.4, -0.2) is 35.8 Å². The molecule has 0 saturated carbocycles. The van der Waals surface area contributed by atoms with Crippen LogP contribution in [0, 0.1) is 5.92 Å². The Balaban J connectivity index is 2.04. The molecular formula is C7H10N2O2. The second-order valence-electron chi connectivity index (χ2n) is 3.15. The van der Waals surface area contributed by atoms with E-state index in [9.17, 15) is 9.59 Å². The second-order valence-corrected chi connectivity index (χ2v) is 3.15. The topological polar surface area (TPSA) is 49.4 Å². The summed E-state index contributed by atoms with van der Waals surface area (Å²) in [6.07, 6.45) is 0. The van der Waals surface area contributed by atoms with Gasteiger partial charge in [0.15, 0.2) is 0 Å². The molecule has 2 unspecified atom stereocenters. The number of hydrogen-bond donors (Lipinski definition) is 1. The van der Waals surface area contributed by atoms with E-state index < -0.39 is 0 Å². The number of rotatable bonds is 0. The van der Waals surface area contributed by atoms with Crippen molar-refractivity contribution in [2.24, 2.45) is 5.92 Å². The molecule has 60 valence electrons. The van der Waals surface area contributed by atoms with Crippen molar-refractivity contribution in [1.82, 2.24) is 10.2 Å². The SMILES string of the molecule is CC(=O)N1CC2NC(=O)C2C1. The fourth-order valence-electron chi connectivity index (χ4n) is 1.67. The number of nitrogens with one attached hydrogen (secondary N) is 1. The fraction of sp³-hybridized carbons (Fsp3) is 0.714. The molecule has 2 fully saturated rings. The highest BCUT2D eigenvalue weighted by molar-refractivity contribution is 5.88. The highest BCUT2D eigenvalue weighted by Gasteiger charge is 2.46. The van der Waals surface area contributed by atoms with Crippen molar-refractivity contribution in [3.63, 3.8) is 0 Å². The van der Waals surface area contributed by atoms with E-state index in [2.05, 4.69) is 5.32 Å². The summed E-state index contributed by atoms with van der Waals surface area (Å²) in [5, 5.41) is 2.76. The summed E-state index contributed by atoms with van der Waals surface area (Å²) in [7, 11) is 0. The van der Waals surface area contributed by atoms with Crippen molar-refractivity contribution in [2.45, 2.75) is 13.0 Å². The maximum absolute atomic E-state index is 10.9. The standard InChI is InChI=1S/C7H10N2O2/c1-4(10)9-2-5-6(3-9)8-7(5)11/h5-6H,2-3H2,1H3,(H,8,11). The van der Waals surface area contributed by atoms with Gasteiger partial charge in [-0.05, 0) is 0 Å². The smallest absolute Gasteiger partial charge is 0.227 e. The third-order valence-electron chi connectivity index (χ3n) is 2.43. The molecule has 4 heteroatoms. The summed E-state index contributed by atoms with van der Waals surface area (Å²) in [6, 6.07) is 0.242. The van der Waals surface area contributed by atoms with Crippen molar-refractivity contribution in [1.29, 1.82) is 0 Å². The third kappa shape index (κ3) is 0.818. The lowest BCUT2D eigenvalue weighted by molar-refractivity contribution is -0.132. The van der Waals surface area contributed by atoms with E-state index in [4.69, 9.17) is 0 Å². The molecule has 0 aromatic rings. The molecule has 2 amide bonds. The Kier molecular flexibility index (Phi) is 1.19. The summed E-state index contributed by atoms with van der Waals surface area (Å²) in [5.74, 6) is 0.242. The van der Waals surface area contributed by atoms with Crippen molar-refractivity contribution in [3.8, 4) is 0 Å². The monoisotopic (exact) mass is 154 g/mol. The quantitative estimate of drug-likeness (QED) is 0.453. The van der Waals surface area contributed by atoms with Crippen molar-refractivity contribution in [2.75, 3.05) is 13.1 Å². The number of nitrogens with zero attached hydrogens (tertiary/aromatic N) is 1. The molecule has 0 aromatic heterocycles. The van der Waals surface area contributed by atoms with Crippen LogP contribution >= 0.6 is 0 Å². The van der Waals surface area contributed by atoms with Crippen molar-refractivity contribution in [3.05, 3.63) is 0 Å². The molecular weight excluding hydrogens is 144 g/mol. The first kappa shape index (κ1) is 6.64. The maximum Gasteiger partial charge on any atom is 0.227 e. The van der Waals surface area contributed by atoms with E-state index >= 15 is 0 Å². The molecule has 0 radical (unpaired) electrons. The first-order valence-electron chi connectivity index (χ1n) is 3.74. The fourth-order valence-corrected chi connectivity index (χ4v) is 1.67. The van der Waals surface area contributed by atoms with Crippen molar-refractivity contribution < 1.29 is 9.59 Å². The molecule has 2 aliphatic rings. The van der Waals surface area contributed by atoms with E-state index in [1.165, 1.54) is 6.92 Å². The molecule has 0 aromatic carbocycles. The Hall–Kier alpha value is -1.06. The van der Waals surface area contributed by atoms with Gasteiger partial charge in [-0.3, -0.25) is 9.59 Å². The van der Waals surface area contributed by atoms with Crippen LogP contribution in [0.15, 0.2) is 0 Å². The van der Waals surface area contributed by atoms with Crippen molar-refractivity contribution >= 4 is 11.8 Å². The Bertz CT molecular complexity index is 226. The number of carbonyl (C=O) groups excluding carboxylic acids is 2. The van der Waals surface area contributed by atoms with E-state index in [1.807, 2.05) is 0 Å². The molecule has 2 atom stereocenters. The molecule has 1 N–H and O–H groups in total. The minimum absolute atomic E-state index is 0.0639. The average molecular weight is 154 g/mol. The van der Waals surface area contributed by atoms with Crippen LogP contribution in [-0.2, 0) is 9.59 Å². The molecule has 2 aliphatic heterocycles. The first-order valence-corrected chi connectivity index (χ1v) is 3.74. The van der Waals surface area contributed by atoms with Gasteiger partial charge in [-0.2, -0.15) is 0 Å². The second kappa shape index (κ2) is 1.96. The Morgan fingerprint density at radius 3 is 2.82 bits per heavy atom. The lowest BCUT2D eigenvalue weighted by atomic mass is 9.95. The van der Waals surface area contributed by atoms with Crippen LogP contribution in [0.4, 0.5) is 0 Å². The van der Waals surface area contributed by atoms with Gasteiger partial charge in [-0.25, -0.2) is 0 Å². The average Bonchev–Trinajstić information content (AvgIpc) is 2.26. The number of likely N-dealkylation sites (tertiary alicyclic amines) is 1. The van der Waals surface area contributed by atoms with Gasteiger partial charge in [0, 0.05) is 20.0 Å². The lowest BCUT2D eigenvalue weighted by Crippen LogP contribution is -2.57. The van der Waals surface area contributed by atoms with Crippen LogP contribution in [0.25, 0.3) is 0 Å². The van der Waals surface area contributed by atoms with Crippen LogP contribution in [0.2, 0.25) is 0 Å². The number of hydrogen-bond acceptors (Lipinski definition) is 2. The van der Waals surface area contributed by atoms with Crippen LogP contribution in [0.5, 0.6) is 0 Å². The summed E-state index contributed by atoms with van der Waals surface area (Å²) in [5.41, 5.74) is 0. The zero-order valence-electron chi connectivity index (χ0n) is 6.33. The Morgan fingerprint density at radius 2 is 2.36 bits per heavy atom. The lowest BCUT2D eigenvalue weighted by Gasteiger charge is -2.28. The van der Waals surface area contributed by atoms with Gasteiger partial charge >= 0.3 is 0 Å². The summed E-state index contributed by atoms with van der Waals surface area (Å²) in [6.45, 7) is 2.85. The Morgan fingerprint density at radius 1 is 1.64 bits per heavy atom. The highest BCUT2D eigenvalue weighted by atomic mass is 16.2. The zero-order chi connectivity index (χ0) is 8.01. The van der Waals surface area contributed by atoms with Gasteiger partial charge in [-0.15, -0.1) is 0 Å². The molecule has 4 nitrogen and oxygen atoms in total. The summed E-state index contributed by atoms with van der Waals surface area (Å²) >= 11 is 0. The zero-order valence-corrected chi connectivity index (χ0v) is 6.33. The predicted molar refractivity (Wildman–Crippen MR) is 37.7 cm³/mol. The molecule has 0 bridgehead atoms. The van der Waals surface area contributed by atoms with Gasteiger partial charge in [0.1, 0.15) is 0 Å². The maximum atomic E-state index is 10.9. The predicted octanol–water partition coefficient (Wildman–Crippen LogP) is -1.04. The molecule has 2 heterocycles. The molecule has 2 saturated heterocycles. The minimum atomic E-state index is 0.0639. The van der Waals surface area contributed by atoms with E-state index in [1.54, 1.807) is 4.90 Å². The van der Waals surface area contributed by atoms with Gasteiger partial charge in [-0.1, -0.05) is 0 Å². The molecule has 0 aliphatic carbocycles. The molecule has 11 heavy (non-hydrogen) atoms. The number of fused-ring (bicyclic) bond motifs is 1. The molecule has 2 rings (SSSR count). The first-order chi connectivity index (χ1) is 5.18. The Labute approximate surface area is 64.5 Å². The molecule has 0 spiro atoms. The highest BCUT2D eigenvalue weighted by Crippen LogP contribution is 2.24. The largest absolute Gasteiger partial charge is 0.350 e. The number of amides is 2. The number of β-lactam (4-membered cyclic amide) rings is 1. The van der Waals surface area contributed by atoms with E-state index in [0.29, 0.717) is 13.1 Å². The van der Waals surface area contributed by atoms with E-state index in [0.717, 1.165) is 0 Å². The van der Waals surface area contributed by atoms with Gasteiger partial charge in [0.05, 0.1) is 12.0 Å². The summed E-state index contributed by atoms with van der Waals surface area (Å²) < 4.78 is 0. The minimum Gasteiger partial charge on any atom is -0.350 e. The third-order valence-corrected chi connectivity index (χ3v) is 2.43. The van der Waals surface area contributed by atoms with E-state index in [-0.39, 0.29) is 23.8 Å². The van der Waals surface area contributed by atoms with Crippen LogP contribution < -0.4 is 5.32 Å². The number of carbonyl (C=O) groups is 2. The van der Waals surface area contributed by atoms with Gasteiger partial charge < -0.3 is 10.2 Å². The van der Waals surface area contributed by atoms with Gasteiger partial charge in [0.25, 0.3) is 0 Å². The van der Waals surface area contributed by atoms with Crippen LogP contribution in [0.3, 0.4) is 0 Å². The van der Waals surface area contributed by atoms with Crippen LogP contribution in [0.1, 0.15) is 6.92 Å². The van der Waals surface area contributed by atoms with Gasteiger partial charge in [0.2, 0.25) is 11.8 Å². The summed E-state index contributed by atoms with van der Waals surface area (Å²) in [4.78, 5) is 23.4.